The van der Waals surface area contributed by atoms with Gasteiger partial charge in [-0.1, -0.05) is 12.1 Å². The first kappa shape index (κ1) is 20.7. The molecule has 2 aromatic rings. The van der Waals surface area contributed by atoms with Crippen molar-refractivity contribution < 1.29 is 10.2 Å². The molecule has 152 valence electrons. The molecule has 2 aromatic carbocycles. The fraction of sp³-hybridized carbons (Fsp3) is 0.500. The van der Waals surface area contributed by atoms with Gasteiger partial charge in [0.2, 0.25) is 0 Å². The Morgan fingerprint density at radius 1 is 0.679 bits per heavy atom. The molecule has 1 heterocycles. The highest BCUT2D eigenvalue weighted by molar-refractivity contribution is 5.49. The van der Waals surface area contributed by atoms with Crippen molar-refractivity contribution in [2.24, 2.45) is 0 Å². The number of benzene rings is 2. The predicted molar refractivity (Wildman–Crippen MR) is 115 cm³/mol. The van der Waals surface area contributed by atoms with Crippen molar-refractivity contribution in [3.8, 4) is 11.5 Å². The molecule has 0 saturated carbocycles. The Kier molecular flexibility index (Phi) is 6.01. The van der Waals surface area contributed by atoms with Gasteiger partial charge in [-0.05, 0) is 81.3 Å². The molecule has 0 unspecified atom stereocenters. The summed E-state index contributed by atoms with van der Waals surface area (Å²) in [6.07, 6.45) is 1.09. The van der Waals surface area contributed by atoms with Crippen LogP contribution in [0.15, 0.2) is 12.1 Å². The van der Waals surface area contributed by atoms with E-state index in [9.17, 15) is 10.2 Å². The van der Waals surface area contributed by atoms with Crippen molar-refractivity contribution in [1.82, 2.24) is 9.80 Å². The summed E-state index contributed by atoms with van der Waals surface area (Å²) in [6.45, 7) is 16.7. The molecular weight excluding hydrogens is 348 g/mol. The minimum atomic E-state index is 0.433. The fourth-order valence-corrected chi connectivity index (χ4v) is 4.23. The molecular formula is C24H34N2O2. The summed E-state index contributed by atoms with van der Waals surface area (Å²) >= 11 is 0. The van der Waals surface area contributed by atoms with Crippen LogP contribution in [0.3, 0.4) is 0 Å². The maximum atomic E-state index is 10.6. The number of phenols is 2. The van der Waals surface area contributed by atoms with Gasteiger partial charge in [-0.25, -0.2) is 0 Å². The van der Waals surface area contributed by atoms with Crippen molar-refractivity contribution in [3.63, 3.8) is 0 Å². The number of hydrogen-bond acceptors (Lipinski definition) is 4. The highest BCUT2D eigenvalue weighted by atomic mass is 16.3. The molecule has 0 radical (unpaired) electrons. The quantitative estimate of drug-likeness (QED) is 0.810. The van der Waals surface area contributed by atoms with Gasteiger partial charge in [0.05, 0.1) is 6.67 Å². The summed E-state index contributed by atoms with van der Waals surface area (Å²) in [5.41, 5.74) is 8.78. The van der Waals surface area contributed by atoms with Crippen LogP contribution < -0.4 is 0 Å². The second kappa shape index (κ2) is 8.14. The van der Waals surface area contributed by atoms with E-state index in [-0.39, 0.29) is 0 Å². The largest absolute Gasteiger partial charge is 0.507 e. The molecule has 3 rings (SSSR count). The van der Waals surface area contributed by atoms with Gasteiger partial charge >= 0.3 is 0 Å². The van der Waals surface area contributed by atoms with Crippen molar-refractivity contribution in [2.75, 3.05) is 19.8 Å². The highest BCUT2D eigenvalue weighted by Gasteiger charge is 2.21. The summed E-state index contributed by atoms with van der Waals surface area (Å²) in [4.78, 5) is 4.77. The van der Waals surface area contributed by atoms with Gasteiger partial charge in [-0.2, -0.15) is 0 Å². The number of phenolic OH excluding ortho intramolecular Hbond substituents is 2. The monoisotopic (exact) mass is 382 g/mol. The Balaban J connectivity index is 1.74. The third kappa shape index (κ3) is 4.03. The molecule has 0 atom stereocenters. The van der Waals surface area contributed by atoms with Crippen LogP contribution in [0.1, 0.15) is 50.9 Å². The summed E-state index contributed by atoms with van der Waals surface area (Å²) in [7, 11) is 0. The van der Waals surface area contributed by atoms with Gasteiger partial charge in [0.25, 0.3) is 0 Å². The topological polar surface area (TPSA) is 46.9 Å². The van der Waals surface area contributed by atoms with E-state index < -0.39 is 0 Å². The van der Waals surface area contributed by atoms with E-state index in [0.29, 0.717) is 11.5 Å². The molecule has 2 N–H and O–H groups in total. The van der Waals surface area contributed by atoms with Crippen molar-refractivity contribution in [3.05, 3.63) is 56.6 Å². The minimum Gasteiger partial charge on any atom is -0.507 e. The van der Waals surface area contributed by atoms with Gasteiger partial charge in [-0.3, -0.25) is 9.80 Å². The van der Waals surface area contributed by atoms with Crippen molar-refractivity contribution in [2.45, 2.75) is 61.1 Å². The average Bonchev–Trinajstić information content (AvgIpc) is 2.67. The first-order valence-corrected chi connectivity index (χ1v) is 10.2. The standard InChI is InChI=1S/C24H34N2O2/c1-15-10-21(23(27)19(5)17(15)3)12-25-8-7-9-26(14-25)13-22-11-16(2)18(4)20(6)24(22)28/h10-11,27-28H,7-9,12-14H2,1-6H3. The average molecular weight is 383 g/mol. The van der Waals surface area contributed by atoms with Crippen LogP contribution >= 0.6 is 0 Å². The lowest BCUT2D eigenvalue weighted by Crippen LogP contribution is -2.43. The minimum absolute atomic E-state index is 0.433. The lowest BCUT2D eigenvalue weighted by molar-refractivity contribution is 0.0734. The summed E-state index contributed by atoms with van der Waals surface area (Å²) in [5, 5.41) is 21.2. The zero-order chi connectivity index (χ0) is 20.6. The third-order valence-electron chi connectivity index (χ3n) is 6.54. The molecule has 0 spiro atoms. The molecule has 1 aliphatic rings. The zero-order valence-electron chi connectivity index (χ0n) is 18.2. The molecule has 4 heteroatoms. The first-order valence-electron chi connectivity index (χ1n) is 10.2. The Morgan fingerprint density at radius 3 is 1.46 bits per heavy atom. The smallest absolute Gasteiger partial charge is 0.123 e. The SMILES string of the molecule is Cc1cc(CN2CCCN(Cc3cc(C)c(C)c(C)c3O)C2)c(O)c(C)c1C. The Bertz CT molecular complexity index is 818. The lowest BCUT2D eigenvalue weighted by Gasteiger charge is -2.36. The molecule has 4 nitrogen and oxygen atoms in total. The second-order valence-corrected chi connectivity index (χ2v) is 8.50. The van der Waals surface area contributed by atoms with Gasteiger partial charge < -0.3 is 10.2 Å². The maximum absolute atomic E-state index is 10.6. The fourth-order valence-electron chi connectivity index (χ4n) is 4.23. The zero-order valence-corrected chi connectivity index (χ0v) is 18.2. The van der Waals surface area contributed by atoms with Crippen LogP contribution in [0, 0.1) is 41.5 Å². The first-order chi connectivity index (χ1) is 13.2. The number of hydrogen-bond donors (Lipinski definition) is 2. The molecule has 0 aliphatic carbocycles. The Hall–Kier alpha value is -2.04. The van der Waals surface area contributed by atoms with E-state index >= 15 is 0 Å². The van der Waals surface area contributed by atoms with Gasteiger partial charge in [0.15, 0.2) is 0 Å². The molecule has 1 aliphatic heterocycles. The molecule has 28 heavy (non-hydrogen) atoms. The van der Waals surface area contributed by atoms with Crippen LogP contribution in [-0.2, 0) is 13.1 Å². The summed E-state index contributed by atoms with van der Waals surface area (Å²) < 4.78 is 0. The number of aromatic hydroxyl groups is 2. The Morgan fingerprint density at radius 2 is 1.07 bits per heavy atom. The van der Waals surface area contributed by atoms with E-state index in [1.807, 2.05) is 13.8 Å². The van der Waals surface area contributed by atoms with Crippen molar-refractivity contribution >= 4 is 0 Å². The molecule has 0 bridgehead atoms. The maximum Gasteiger partial charge on any atom is 0.123 e. The molecule has 0 amide bonds. The van der Waals surface area contributed by atoms with Crippen molar-refractivity contribution in [1.29, 1.82) is 0 Å². The summed E-state index contributed by atoms with van der Waals surface area (Å²) in [6, 6.07) is 4.24. The molecule has 1 saturated heterocycles. The van der Waals surface area contributed by atoms with E-state index in [1.54, 1.807) is 0 Å². The normalized spacial score (nSPS) is 15.9. The van der Waals surface area contributed by atoms with Crippen LogP contribution in [0.4, 0.5) is 0 Å². The van der Waals surface area contributed by atoms with E-state index in [0.717, 1.165) is 61.5 Å². The second-order valence-electron chi connectivity index (χ2n) is 8.50. The van der Waals surface area contributed by atoms with E-state index in [1.165, 1.54) is 22.3 Å². The Labute approximate surface area is 169 Å². The number of aryl methyl sites for hydroxylation is 2. The van der Waals surface area contributed by atoms with E-state index in [4.69, 9.17) is 0 Å². The highest BCUT2D eigenvalue weighted by Crippen LogP contribution is 2.31. The van der Waals surface area contributed by atoms with Crippen LogP contribution in [0.2, 0.25) is 0 Å². The molecule has 1 fully saturated rings. The van der Waals surface area contributed by atoms with Gasteiger partial charge in [0.1, 0.15) is 11.5 Å². The van der Waals surface area contributed by atoms with Crippen LogP contribution in [-0.4, -0.2) is 39.8 Å². The van der Waals surface area contributed by atoms with Crippen LogP contribution in [0.25, 0.3) is 0 Å². The summed E-state index contributed by atoms with van der Waals surface area (Å²) in [5.74, 6) is 0.866. The van der Waals surface area contributed by atoms with E-state index in [2.05, 4.69) is 49.6 Å². The predicted octanol–water partition coefficient (Wildman–Crippen LogP) is 4.61. The van der Waals surface area contributed by atoms with Gasteiger partial charge in [0, 0.05) is 37.3 Å². The third-order valence-corrected chi connectivity index (χ3v) is 6.54. The lowest BCUT2D eigenvalue weighted by atomic mass is 9.98. The van der Waals surface area contributed by atoms with Crippen LogP contribution in [0.5, 0.6) is 11.5 Å². The molecule has 0 aromatic heterocycles. The van der Waals surface area contributed by atoms with Gasteiger partial charge in [-0.15, -0.1) is 0 Å². The number of rotatable bonds is 4. The number of nitrogens with zero attached hydrogens (tertiary/aromatic N) is 2.